The van der Waals surface area contributed by atoms with Crippen LogP contribution < -0.4 is 5.32 Å². The van der Waals surface area contributed by atoms with Crippen LogP contribution in [0.15, 0.2) is 40.8 Å². The van der Waals surface area contributed by atoms with Gasteiger partial charge in [0.15, 0.2) is 0 Å². The van der Waals surface area contributed by atoms with Crippen LogP contribution in [0, 0.1) is 0 Å². The van der Waals surface area contributed by atoms with E-state index in [9.17, 15) is 4.79 Å². The smallest absolute Gasteiger partial charge is 0.224 e. The standard InChI is InChI=1S/C17H20N2O2/c1-18-9-7-17(20)19-10-8-14-11-15(21-16(14)12-19)13-5-3-2-4-6-13/h2-6,11,18H,7-10,12H2,1H3. The number of hydrogen-bond acceptors (Lipinski definition) is 3. The van der Waals surface area contributed by atoms with Crippen molar-refractivity contribution in [2.45, 2.75) is 19.4 Å². The Morgan fingerprint density at radius 2 is 2.14 bits per heavy atom. The molecule has 1 aliphatic rings. The summed E-state index contributed by atoms with van der Waals surface area (Å²) in [6.45, 7) is 2.09. The third-order valence-electron chi connectivity index (χ3n) is 3.88. The molecule has 0 spiro atoms. The molecule has 0 bridgehead atoms. The van der Waals surface area contributed by atoms with Crippen molar-refractivity contribution in [3.63, 3.8) is 0 Å². The summed E-state index contributed by atoms with van der Waals surface area (Å²) in [5.41, 5.74) is 2.31. The maximum absolute atomic E-state index is 12.1. The number of amides is 1. The Morgan fingerprint density at radius 1 is 1.33 bits per heavy atom. The van der Waals surface area contributed by atoms with Crippen molar-refractivity contribution in [3.8, 4) is 11.3 Å². The summed E-state index contributed by atoms with van der Waals surface area (Å²) in [4.78, 5) is 14.0. The fraction of sp³-hybridized carbons (Fsp3) is 0.353. The van der Waals surface area contributed by atoms with Gasteiger partial charge in [-0.05, 0) is 25.1 Å². The molecule has 0 atom stereocenters. The van der Waals surface area contributed by atoms with Gasteiger partial charge in [-0.15, -0.1) is 0 Å². The minimum absolute atomic E-state index is 0.188. The first-order valence-electron chi connectivity index (χ1n) is 7.37. The molecule has 4 heteroatoms. The number of furan rings is 1. The maximum atomic E-state index is 12.1. The fourth-order valence-electron chi connectivity index (χ4n) is 2.67. The highest BCUT2D eigenvalue weighted by atomic mass is 16.3. The van der Waals surface area contributed by atoms with Gasteiger partial charge < -0.3 is 14.6 Å². The molecule has 0 saturated heterocycles. The lowest BCUT2D eigenvalue weighted by molar-refractivity contribution is -0.132. The Balaban J connectivity index is 1.75. The van der Waals surface area contributed by atoms with Gasteiger partial charge >= 0.3 is 0 Å². The van der Waals surface area contributed by atoms with Gasteiger partial charge in [-0.25, -0.2) is 0 Å². The quantitative estimate of drug-likeness (QED) is 0.938. The molecule has 1 aromatic heterocycles. The number of fused-ring (bicyclic) bond motifs is 1. The first-order chi connectivity index (χ1) is 10.3. The van der Waals surface area contributed by atoms with Gasteiger partial charge in [0.25, 0.3) is 0 Å². The third kappa shape index (κ3) is 3.00. The molecule has 1 N–H and O–H groups in total. The molecule has 2 aromatic rings. The van der Waals surface area contributed by atoms with Gasteiger partial charge in [0.1, 0.15) is 11.5 Å². The lowest BCUT2D eigenvalue weighted by Crippen LogP contribution is -2.36. The number of hydrogen-bond donors (Lipinski definition) is 1. The monoisotopic (exact) mass is 284 g/mol. The molecule has 1 amide bonds. The molecule has 0 radical (unpaired) electrons. The fourth-order valence-corrected chi connectivity index (χ4v) is 2.67. The van der Waals surface area contributed by atoms with Gasteiger partial charge in [0, 0.05) is 25.1 Å². The van der Waals surface area contributed by atoms with E-state index in [0.29, 0.717) is 13.0 Å². The molecular formula is C17H20N2O2. The Bertz CT molecular complexity index is 619. The van der Waals surface area contributed by atoms with Crippen LogP contribution in [0.4, 0.5) is 0 Å². The zero-order valence-corrected chi connectivity index (χ0v) is 12.3. The number of benzene rings is 1. The summed E-state index contributed by atoms with van der Waals surface area (Å²) >= 11 is 0. The predicted octanol–water partition coefficient (Wildman–Crippen LogP) is 2.44. The molecule has 0 saturated carbocycles. The van der Waals surface area contributed by atoms with Gasteiger partial charge in [0.05, 0.1) is 6.54 Å². The second-order valence-corrected chi connectivity index (χ2v) is 5.34. The van der Waals surface area contributed by atoms with E-state index in [1.807, 2.05) is 42.3 Å². The second-order valence-electron chi connectivity index (χ2n) is 5.34. The molecule has 4 nitrogen and oxygen atoms in total. The molecule has 110 valence electrons. The molecule has 21 heavy (non-hydrogen) atoms. The van der Waals surface area contributed by atoms with Crippen molar-refractivity contribution >= 4 is 5.91 Å². The van der Waals surface area contributed by atoms with E-state index in [1.54, 1.807) is 0 Å². The summed E-state index contributed by atoms with van der Waals surface area (Å²) in [5.74, 6) is 2.01. The molecule has 1 aromatic carbocycles. The molecule has 2 heterocycles. The highest BCUT2D eigenvalue weighted by molar-refractivity contribution is 5.76. The van der Waals surface area contributed by atoms with Crippen LogP contribution in [0.2, 0.25) is 0 Å². The molecule has 1 aliphatic heterocycles. The van der Waals surface area contributed by atoms with Crippen LogP contribution in [-0.4, -0.2) is 30.9 Å². The highest BCUT2D eigenvalue weighted by Gasteiger charge is 2.24. The zero-order valence-electron chi connectivity index (χ0n) is 12.3. The number of rotatable bonds is 4. The third-order valence-corrected chi connectivity index (χ3v) is 3.88. The summed E-state index contributed by atoms with van der Waals surface area (Å²) in [6, 6.07) is 12.2. The van der Waals surface area contributed by atoms with E-state index in [4.69, 9.17) is 4.42 Å². The number of carbonyl (C=O) groups excluding carboxylic acids is 1. The Labute approximate surface area is 124 Å². The van der Waals surface area contributed by atoms with Gasteiger partial charge in [-0.3, -0.25) is 4.79 Å². The van der Waals surface area contributed by atoms with E-state index in [1.165, 1.54) is 5.56 Å². The van der Waals surface area contributed by atoms with Crippen molar-refractivity contribution in [1.29, 1.82) is 0 Å². The van der Waals surface area contributed by atoms with E-state index in [2.05, 4.69) is 11.4 Å². The molecule has 0 aliphatic carbocycles. The van der Waals surface area contributed by atoms with Crippen molar-refractivity contribution in [3.05, 3.63) is 47.7 Å². The molecule has 0 unspecified atom stereocenters. The topological polar surface area (TPSA) is 45.5 Å². The summed E-state index contributed by atoms with van der Waals surface area (Å²) in [6.07, 6.45) is 1.41. The predicted molar refractivity (Wildman–Crippen MR) is 81.8 cm³/mol. The minimum atomic E-state index is 0.188. The van der Waals surface area contributed by atoms with Crippen LogP contribution in [0.1, 0.15) is 17.7 Å². The number of carbonyl (C=O) groups is 1. The zero-order chi connectivity index (χ0) is 14.7. The lowest BCUT2D eigenvalue weighted by atomic mass is 10.1. The van der Waals surface area contributed by atoms with Crippen molar-refractivity contribution in [2.24, 2.45) is 0 Å². The van der Waals surface area contributed by atoms with E-state index < -0.39 is 0 Å². The van der Waals surface area contributed by atoms with Crippen molar-refractivity contribution < 1.29 is 9.21 Å². The summed E-state index contributed by atoms with van der Waals surface area (Å²) < 4.78 is 5.97. The minimum Gasteiger partial charge on any atom is -0.459 e. The lowest BCUT2D eigenvalue weighted by Gasteiger charge is -2.26. The Hall–Kier alpha value is -2.07. The SMILES string of the molecule is CNCCC(=O)N1CCc2cc(-c3ccccc3)oc2C1. The Morgan fingerprint density at radius 3 is 2.90 bits per heavy atom. The van der Waals surface area contributed by atoms with Crippen LogP contribution in [0.25, 0.3) is 11.3 Å². The average Bonchev–Trinajstić information content (AvgIpc) is 2.96. The number of nitrogens with zero attached hydrogens (tertiary/aromatic N) is 1. The van der Waals surface area contributed by atoms with Gasteiger partial charge in [0.2, 0.25) is 5.91 Å². The van der Waals surface area contributed by atoms with E-state index in [0.717, 1.165) is 36.6 Å². The first-order valence-corrected chi connectivity index (χ1v) is 7.37. The van der Waals surface area contributed by atoms with Crippen molar-refractivity contribution in [2.75, 3.05) is 20.1 Å². The molecule has 3 rings (SSSR count). The van der Waals surface area contributed by atoms with Crippen LogP contribution in [-0.2, 0) is 17.8 Å². The van der Waals surface area contributed by atoms with Crippen LogP contribution >= 0.6 is 0 Å². The molecular weight excluding hydrogens is 264 g/mol. The largest absolute Gasteiger partial charge is 0.459 e. The van der Waals surface area contributed by atoms with E-state index >= 15 is 0 Å². The Kier molecular flexibility index (Phi) is 4.06. The van der Waals surface area contributed by atoms with Crippen LogP contribution in [0.3, 0.4) is 0 Å². The van der Waals surface area contributed by atoms with Crippen LogP contribution in [0.5, 0.6) is 0 Å². The van der Waals surface area contributed by atoms with Gasteiger partial charge in [-0.1, -0.05) is 30.3 Å². The molecule has 0 fully saturated rings. The first kappa shape index (κ1) is 13.9. The number of nitrogens with one attached hydrogen (secondary N) is 1. The van der Waals surface area contributed by atoms with Gasteiger partial charge in [-0.2, -0.15) is 0 Å². The van der Waals surface area contributed by atoms with Crippen molar-refractivity contribution in [1.82, 2.24) is 10.2 Å². The highest BCUT2D eigenvalue weighted by Crippen LogP contribution is 2.29. The van der Waals surface area contributed by atoms with E-state index in [-0.39, 0.29) is 5.91 Å². The maximum Gasteiger partial charge on any atom is 0.224 e. The summed E-state index contributed by atoms with van der Waals surface area (Å²) in [7, 11) is 1.86. The summed E-state index contributed by atoms with van der Waals surface area (Å²) in [5, 5.41) is 3.01. The normalized spacial score (nSPS) is 14.0. The average molecular weight is 284 g/mol. The second kappa shape index (κ2) is 6.14.